The quantitative estimate of drug-likeness (QED) is 0.718. The predicted octanol–water partition coefficient (Wildman–Crippen LogP) is 3.62. The standard InChI is InChI=1S/C17H16INO4/c1-10-8-13(18)4-5-14(10)19-16(20)9-23-15-6-3-12(17(21)22)7-11(15)2/h3-8H,9H2,1-2H3,(H,19,20)(H,21,22). The van der Waals surface area contributed by atoms with Crippen LogP contribution in [0.2, 0.25) is 0 Å². The number of carboxylic acid groups (broad SMARTS) is 1. The first-order chi connectivity index (χ1) is 10.9. The lowest BCUT2D eigenvalue weighted by Gasteiger charge is -2.11. The Balaban J connectivity index is 1.98. The number of aryl methyl sites for hydroxylation is 2. The van der Waals surface area contributed by atoms with Gasteiger partial charge in [-0.15, -0.1) is 0 Å². The molecule has 2 aromatic rings. The van der Waals surface area contributed by atoms with Gasteiger partial charge < -0.3 is 15.2 Å². The summed E-state index contributed by atoms with van der Waals surface area (Å²) in [6.07, 6.45) is 0. The van der Waals surface area contributed by atoms with Crippen molar-refractivity contribution in [1.82, 2.24) is 0 Å². The Bertz CT molecular complexity index is 758. The lowest BCUT2D eigenvalue weighted by molar-refractivity contribution is -0.118. The fraction of sp³-hybridized carbons (Fsp3) is 0.176. The molecule has 0 fully saturated rings. The first kappa shape index (κ1) is 17.3. The van der Waals surface area contributed by atoms with E-state index in [0.29, 0.717) is 11.3 Å². The molecular formula is C17H16INO4. The van der Waals surface area contributed by atoms with Crippen LogP contribution in [0.5, 0.6) is 5.75 Å². The van der Waals surface area contributed by atoms with Crippen LogP contribution in [0.15, 0.2) is 36.4 Å². The zero-order chi connectivity index (χ0) is 17.0. The zero-order valence-corrected chi connectivity index (χ0v) is 14.9. The third-order valence-electron chi connectivity index (χ3n) is 3.24. The van der Waals surface area contributed by atoms with Crippen LogP contribution in [-0.2, 0) is 4.79 Å². The average Bonchev–Trinajstić information content (AvgIpc) is 2.48. The van der Waals surface area contributed by atoms with Gasteiger partial charge in [-0.05, 0) is 84.0 Å². The summed E-state index contributed by atoms with van der Waals surface area (Å²) < 4.78 is 6.56. The zero-order valence-electron chi connectivity index (χ0n) is 12.7. The number of nitrogens with one attached hydrogen (secondary N) is 1. The second kappa shape index (κ2) is 7.45. The molecule has 0 aromatic heterocycles. The number of halogens is 1. The molecule has 5 nitrogen and oxygen atoms in total. The Kier molecular flexibility index (Phi) is 5.59. The molecule has 2 aromatic carbocycles. The number of ether oxygens (including phenoxy) is 1. The van der Waals surface area contributed by atoms with Gasteiger partial charge in [-0.3, -0.25) is 4.79 Å². The number of aromatic carboxylic acids is 1. The summed E-state index contributed by atoms with van der Waals surface area (Å²) in [6.45, 7) is 3.52. The lowest BCUT2D eigenvalue weighted by Crippen LogP contribution is -2.21. The van der Waals surface area contributed by atoms with Crippen LogP contribution in [0.1, 0.15) is 21.5 Å². The van der Waals surface area contributed by atoms with Crippen LogP contribution in [-0.4, -0.2) is 23.6 Å². The highest BCUT2D eigenvalue weighted by Crippen LogP contribution is 2.20. The maximum Gasteiger partial charge on any atom is 0.335 e. The maximum absolute atomic E-state index is 12.0. The van der Waals surface area contributed by atoms with Crippen molar-refractivity contribution in [3.05, 3.63) is 56.7 Å². The van der Waals surface area contributed by atoms with Crippen molar-refractivity contribution >= 4 is 40.2 Å². The van der Waals surface area contributed by atoms with Gasteiger partial charge in [0.1, 0.15) is 5.75 Å². The van der Waals surface area contributed by atoms with Crippen molar-refractivity contribution in [2.75, 3.05) is 11.9 Å². The highest BCUT2D eigenvalue weighted by Gasteiger charge is 2.09. The summed E-state index contributed by atoms with van der Waals surface area (Å²) in [5.41, 5.74) is 2.58. The molecule has 120 valence electrons. The van der Waals surface area contributed by atoms with Crippen molar-refractivity contribution in [3.63, 3.8) is 0 Å². The van der Waals surface area contributed by atoms with Crippen molar-refractivity contribution in [3.8, 4) is 5.75 Å². The minimum absolute atomic E-state index is 0.140. The SMILES string of the molecule is Cc1cc(I)ccc1NC(=O)COc1ccc(C(=O)O)cc1C. The lowest BCUT2D eigenvalue weighted by atomic mass is 10.1. The molecule has 2 rings (SSSR count). The molecule has 0 heterocycles. The number of hydrogen-bond acceptors (Lipinski definition) is 3. The summed E-state index contributed by atoms with van der Waals surface area (Å²) in [5, 5.41) is 11.7. The first-order valence-corrected chi connectivity index (χ1v) is 7.97. The van der Waals surface area contributed by atoms with Crippen LogP contribution < -0.4 is 10.1 Å². The van der Waals surface area contributed by atoms with Gasteiger partial charge in [0, 0.05) is 9.26 Å². The minimum Gasteiger partial charge on any atom is -0.483 e. The van der Waals surface area contributed by atoms with Gasteiger partial charge in [-0.25, -0.2) is 4.79 Å². The Morgan fingerprint density at radius 3 is 2.48 bits per heavy atom. The molecule has 23 heavy (non-hydrogen) atoms. The molecule has 0 saturated heterocycles. The van der Waals surface area contributed by atoms with Gasteiger partial charge in [0.05, 0.1) is 5.56 Å². The van der Waals surface area contributed by atoms with Crippen LogP contribution in [0.25, 0.3) is 0 Å². The predicted molar refractivity (Wildman–Crippen MR) is 96.2 cm³/mol. The van der Waals surface area contributed by atoms with E-state index in [1.54, 1.807) is 13.0 Å². The second-order valence-corrected chi connectivity index (χ2v) is 6.33. The minimum atomic E-state index is -0.994. The third kappa shape index (κ3) is 4.69. The molecule has 0 aliphatic heterocycles. The van der Waals surface area contributed by atoms with E-state index in [1.165, 1.54) is 12.1 Å². The summed E-state index contributed by atoms with van der Waals surface area (Å²) in [5.74, 6) is -0.771. The van der Waals surface area contributed by atoms with E-state index < -0.39 is 5.97 Å². The van der Waals surface area contributed by atoms with Gasteiger partial charge in [0.2, 0.25) is 0 Å². The third-order valence-corrected chi connectivity index (χ3v) is 3.91. The number of carboxylic acids is 1. The summed E-state index contributed by atoms with van der Waals surface area (Å²) in [7, 11) is 0. The Hall–Kier alpha value is -2.09. The fourth-order valence-electron chi connectivity index (χ4n) is 2.04. The molecule has 0 bridgehead atoms. The molecule has 0 unspecified atom stereocenters. The molecule has 0 atom stereocenters. The summed E-state index contributed by atoms with van der Waals surface area (Å²) in [4.78, 5) is 22.9. The fourth-order valence-corrected chi connectivity index (χ4v) is 2.69. The Morgan fingerprint density at radius 1 is 1.13 bits per heavy atom. The molecule has 0 radical (unpaired) electrons. The Labute approximate surface area is 147 Å². The number of rotatable bonds is 5. The average molecular weight is 425 g/mol. The number of carbonyl (C=O) groups excluding carboxylic acids is 1. The molecular weight excluding hydrogens is 409 g/mol. The van der Waals surface area contributed by atoms with Gasteiger partial charge in [0.25, 0.3) is 5.91 Å². The largest absolute Gasteiger partial charge is 0.483 e. The van der Waals surface area contributed by atoms with Crippen molar-refractivity contribution < 1.29 is 19.4 Å². The Morgan fingerprint density at radius 2 is 1.87 bits per heavy atom. The van der Waals surface area contributed by atoms with E-state index in [0.717, 1.165) is 14.8 Å². The monoisotopic (exact) mass is 425 g/mol. The van der Waals surface area contributed by atoms with E-state index in [-0.39, 0.29) is 18.1 Å². The first-order valence-electron chi connectivity index (χ1n) is 6.89. The number of carbonyl (C=O) groups is 2. The van der Waals surface area contributed by atoms with E-state index in [4.69, 9.17) is 9.84 Å². The van der Waals surface area contributed by atoms with E-state index in [1.807, 2.05) is 25.1 Å². The topological polar surface area (TPSA) is 75.6 Å². The van der Waals surface area contributed by atoms with Gasteiger partial charge in [-0.1, -0.05) is 0 Å². The molecule has 0 spiro atoms. The molecule has 2 N–H and O–H groups in total. The highest BCUT2D eigenvalue weighted by atomic mass is 127. The van der Waals surface area contributed by atoms with Gasteiger partial charge in [-0.2, -0.15) is 0 Å². The number of amides is 1. The smallest absolute Gasteiger partial charge is 0.335 e. The maximum atomic E-state index is 12.0. The van der Waals surface area contributed by atoms with Crippen LogP contribution in [0.4, 0.5) is 5.69 Å². The molecule has 0 saturated carbocycles. The normalized spacial score (nSPS) is 10.2. The highest BCUT2D eigenvalue weighted by molar-refractivity contribution is 14.1. The van der Waals surface area contributed by atoms with Gasteiger partial charge in [0.15, 0.2) is 6.61 Å². The molecule has 0 aliphatic carbocycles. The van der Waals surface area contributed by atoms with Gasteiger partial charge >= 0.3 is 5.97 Å². The van der Waals surface area contributed by atoms with Crippen molar-refractivity contribution in [2.45, 2.75) is 13.8 Å². The van der Waals surface area contributed by atoms with E-state index >= 15 is 0 Å². The molecule has 6 heteroatoms. The molecule has 0 aliphatic rings. The summed E-state index contributed by atoms with van der Waals surface area (Å²) in [6, 6.07) is 10.3. The van der Waals surface area contributed by atoms with E-state index in [9.17, 15) is 9.59 Å². The number of benzene rings is 2. The second-order valence-electron chi connectivity index (χ2n) is 5.08. The number of anilines is 1. The van der Waals surface area contributed by atoms with Crippen molar-refractivity contribution in [2.24, 2.45) is 0 Å². The molecule has 1 amide bonds. The van der Waals surface area contributed by atoms with Crippen LogP contribution >= 0.6 is 22.6 Å². The van der Waals surface area contributed by atoms with E-state index in [2.05, 4.69) is 27.9 Å². The van der Waals surface area contributed by atoms with Crippen LogP contribution in [0, 0.1) is 17.4 Å². The number of hydrogen-bond donors (Lipinski definition) is 2. The van der Waals surface area contributed by atoms with Crippen molar-refractivity contribution in [1.29, 1.82) is 0 Å². The summed E-state index contributed by atoms with van der Waals surface area (Å²) >= 11 is 2.21. The van der Waals surface area contributed by atoms with Crippen LogP contribution in [0.3, 0.4) is 0 Å².